The summed E-state index contributed by atoms with van der Waals surface area (Å²) in [5.41, 5.74) is 1.55. The molecule has 0 amide bonds. The van der Waals surface area contributed by atoms with E-state index in [4.69, 9.17) is 18.9 Å². The van der Waals surface area contributed by atoms with E-state index in [1.54, 1.807) is 25.3 Å². The second-order valence-corrected chi connectivity index (χ2v) is 5.09. The van der Waals surface area contributed by atoms with Gasteiger partial charge in [0.05, 0.1) is 19.3 Å². The van der Waals surface area contributed by atoms with Crippen molar-refractivity contribution in [2.45, 2.75) is 6.42 Å². The maximum atomic E-state index is 12.1. The highest BCUT2D eigenvalue weighted by Gasteiger charge is 2.15. The van der Waals surface area contributed by atoms with Gasteiger partial charge in [0.25, 0.3) is 0 Å². The van der Waals surface area contributed by atoms with Crippen LogP contribution in [0.25, 0.3) is 0 Å². The third kappa shape index (κ3) is 3.74. The zero-order valence-corrected chi connectivity index (χ0v) is 12.9. The van der Waals surface area contributed by atoms with Gasteiger partial charge in [-0.05, 0) is 35.9 Å². The molecular formula is C18H18O5. The van der Waals surface area contributed by atoms with Crippen molar-refractivity contribution >= 4 is 5.97 Å². The molecule has 0 aliphatic carbocycles. The zero-order chi connectivity index (χ0) is 16.1. The van der Waals surface area contributed by atoms with Gasteiger partial charge in [-0.2, -0.15) is 0 Å². The topological polar surface area (TPSA) is 54.0 Å². The first-order valence-electron chi connectivity index (χ1n) is 7.46. The van der Waals surface area contributed by atoms with Crippen molar-refractivity contribution in [1.82, 2.24) is 0 Å². The van der Waals surface area contributed by atoms with Crippen LogP contribution in [0.1, 0.15) is 15.9 Å². The van der Waals surface area contributed by atoms with Crippen molar-refractivity contribution in [3.05, 3.63) is 53.6 Å². The van der Waals surface area contributed by atoms with Gasteiger partial charge in [-0.1, -0.05) is 12.1 Å². The van der Waals surface area contributed by atoms with Gasteiger partial charge in [0, 0.05) is 6.42 Å². The molecule has 23 heavy (non-hydrogen) atoms. The van der Waals surface area contributed by atoms with E-state index in [1.807, 2.05) is 24.3 Å². The van der Waals surface area contributed by atoms with Crippen LogP contribution in [0.3, 0.4) is 0 Å². The molecular weight excluding hydrogens is 296 g/mol. The average Bonchev–Trinajstić information content (AvgIpc) is 2.61. The number of carbonyl (C=O) groups is 1. The number of benzene rings is 2. The molecule has 0 spiro atoms. The van der Waals surface area contributed by atoms with Crippen molar-refractivity contribution in [1.29, 1.82) is 0 Å². The van der Waals surface area contributed by atoms with Gasteiger partial charge in [0.15, 0.2) is 11.5 Å². The van der Waals surface area contributed by atoms with Crippen LogP contribution in [0, 0.1) is 0 Å². The van der Waals surface area contributed by atoms with Crippen LogP contribution < -0.4 is 14.2 Å². The molecule has 120 valence electrons. The van der Waals surface area contributed by atoms with Crippen LogP contribution in [0.2, 0.25) is 0 Å². The quantitative estimate of drug-likeness (QED) is 0.794. The molecule has 0 unspecified atom stereocenters. The third-order valence-electron chi connectivity index (χ3n) is 3.56. The Bertz CT molecular complexity index is 678. The molecule has 0 bridgehead atoms. The molecule has 2 aromatic carbocycles. The van der Waals surface area contributed by atoms with Crippen LogP contribution in [-0.4, -0.2) is 32.9 Å². The monoisotopic (exact) mass is 314 g/mol. The normalized spacial score (nSPS) is 12.6. The molecule has 3 rings (SSSR count). The first-order valence-corrected chi connectivity index (χ1v) is 7.46. The first kappa shape index (κ1) is 15.2. The maximum Gasteiger partial charge on any atom is 0.338 e. The SMILES string of the molecule is COc1ccc(CCOC(=O)c2ccc3c(c2)OCCO3)cc1. The van der Waals surface area contributed by atoms with E-state index >= 15 is 0 Å². The van der Waals surface area contributed by atoms with Crippen molar-refractivity contribution in [3.63, 3.8) is 0 Å². The summed E-state index contributed by atoms with van der Waals surface area (Å²) in [6.45, 7) is 1.33. The lowest BCUT2D eigenvalue weighted by Crippen LogP contribution is -2.16. The summed E-state index contributed by atoms with van der Waals surface area (Å²) in [6.07, 6.45) is 0.653. The number of rotatable bonds is 5. The van der Waals surface area contributed by atoms with Crippen LogP contribution in [0.5, 0.6) is 17.2 Å². The highest BCUT2D eigenvalue weighted by atomic mass is 16.6. The van der Waals surface area contributed by atoms with Gasteiger partial charge in [0.1, 0.15) is 19.0 Å². The molecule has 2 aromatic rings. The van der Waals surface area contributed by atoms with Gasteiger partial charge >= 0.3 is 5.97 Å². The molecule has 0 atom stereocenters. The van der Waals surface area contributed by atoms with Gasteiger partial charge in [-0.3, -0.25) is 0 Å². The Balaban J connectivity index is 1.54. The Kier molecular flexibility index (Phi) is 4.66. The number of methoxy groups -OCH3 is 1. The fourth-order valence-corrected chi connectivity index (χ4v) is 2.31. The Morgan fingerprint density at radius 3 is 2.52 bits per heavy atom. The van der Waals surface area contributed by atoms with Gasteiger partial charge in [-0.25, -0.2) is 4.79 Å². The van der Waals surface area contributed by atoms with E-state index in [9.17, 15) is 4.79 Å². The molecule has 1 heterocycles. The molecule has 5 nitrogen and oxygen atoms in total. The number of hydrogen-bond donors (Lipinski definition) is 0. The predicted molar refractivity (Wildman–Crippen MR) is 84.4 cm³/mol. The van der Waals surface area contributed by atoms with E-state index < -0.39 is 0 Å². The number of hydrogen-bond acceptors (Lipinski definition) is 5. The van der Waals surface area contributed by atoms with E-state index in [1.165, 1.54) is 0 Å². The number of carbonyl (C=O) groups excluding carboxylic acids is 1. The summed E-state index contributed by atoms with van der Waals surface area (Å²) >= 11 is 0. The van der Waals surface area contributed by atoms with E-state index in [0.717, 1.165) is 11.3 Å². The molecule has 0 aromatic heterocycles. The van der Waals surface area contributed by atoms with Crippen LogP contribution >= 0.6 is 0 Å². The van der Waals surface area contributed by atoms with Gasteiger partial charge < -0.3 is 18.9 Å². The summed E-state index contributed by atoms with van der Waals surface area (Å²) in [4.78, 5) is 12.1. The molecule has 0 N–H and O–H groups in total. The summed E-state index contributed by atoms with van der Waals surface area (Å²) in [6, 6.07) is 12.8. The van der Waals surface area contributed by atoms with Gasteiger partial charge in [-0.15, -0.1) is 0 Å². The molecule has 1 aliphatic heterocycles. The van der Waals surface area contributed by atoms with E-state index in [2.05, 4.69) is 0 Å². The Labute approximate surface area is 134 Å². The van der Waals surface area contributed by atoms with Crippen LogP contribution in [0.4, 0.5) is 0 Å². The minimum atomic E-state index is -0.365. The standard InChI is InChI=1S/C18H18O5/c1-20-15-5-2-13(3-6-15)8-9-23-18(19)14-4-7-16-17(12-14)22-11-10-21-16/h2-7,12H,8-11H2,1H3. The maximum absolute atomic E-state index is 12.1. The largest absolute Gasteiger partial charge is 0.497 e. The highest BCUT2D eigenvalue weighted by molar-refractivity contribution is 5.90. The molecule has 0 saturated heterocycles. The molecule has 0 radical (unpaired) electrons. The Hall–Kier alpha value is -2.69. The number of fused-ring (bicyclic) bond motifs is 1. The van der Waals surface area contributed by atoms with Crippen molar-refractivity contribution in [3.8, 4) is 17.2 Å². The molecule has 0 saturated carbocycles. The Morgan fingerprint density at radius 2 is 1.78 bits per heavy atom. The minimum absolute atomic E-state index is 0.319. The van der Waals surface area contributed by atoms with E-state index in [0.29, 0.717) is 43.3 Å². The summed E-state index contributed by atoms with van der Waals surface area (Å²) in [5.74, 6) is 1.68. The highest BCUT2D eigenvalue weighted by Crippen LogP contribution is 2.30. The second kappa shape index (κ2) is 7.05. The van der Waals surface area contributed by atoms with Crippen LogP contribution in [-0.2, 0) is 11.2 Å². The first-order chi connectivity index (χ1) is 11.3. The van der Waals surface area contributed by atoms with Crippen molar-refractivity contribution in [2.75, 3.05) is 26.9 Å². The lowest BCUT2D eigenvalue weighted by atomic mass is 10.1. The lowest BCUT2D eigenvalue weighted by molar-refractivity contribution is 0.0508. The minimum Gasteiger partial charge on any atom is -0.497 e. The lowest BCUT2D eigenvalue weighted by Gasteiger charge is -2.18. The van der Waals surface area contributed by atoms with Crippen molar-refractivity contribution in [2.24, 2.45) is 0 Å². The fourth-order valence-electron chi connectivity index (χ4n) is 2.31. The molecule has 5 heteroatoms. The fraction of sp³-hybridized carbons (Fsp3) is 0.278. The third-order valence-corrected chi connectivity index (χ3v) is 3.56. The van der Waals surface area contributed by atoms with Crippen molar-refractivity contribution < 1.29 is 23.7 Å². The van der Waals surface area contributed by atoms with E-state index in [-0.39, 0.29) is 5.97 Å². The van der Waals surface area contributed by atoms with Crippen LogP contribution in [0.15, 0.2) is 42.5 Å². The molecule has 1 aliphatic rings. The smallest absolute Gasteiger partial charge is 0.338 e. The average molecular weight is 314 g/mol. The zero-order valence-electron chi connectivity index (χ0n) is 12.9. The summed E-state index contributed by atoms with van der Waals surface area (Å²) in [5, 5.41) is 0. The predicted octanol–water partition coefficient (Wildman–Crippen LogP) is 2.87. The number of esters is 1. The Morgan fingerprint density at radius 1 is 1.04 bits per heavy atom. The summed E-state index contributed by atoms with van der Waals surface area (Å²) < 4.78 is 21.3. The van der Waals surface area contributed by atoms with Gasteiger partial charge in [0.2, 0.25) is 0 Å². The summed E-state index contributed by atoms with van der Waals surface area (Å²) in [7, 11) is 1.63. The second-order valence-electron chi connectivity index (χ2n) is 5.09. The molecule has 0 fully saturated rings. The number of ether oxygens (including phenoxy) is 4.